The molecule has 0 saturated carbocycles. The molecule has 2 aromatic rings. The van der Waals surface area contributed by atoms with E-state index in [9.17, 15) is 14.9 Å². The highest BCUT2D eigenvalue weighted by Crippen LogP contribution is 2.27. The first-order valence-corrected chi connectivity index (χ1v) is 7.17. The quantitative estimate of drug-likeness (QED) is 0.675. The van der Waals surface area contributed by atoms with E-state index in [2.05, 4.69) is 5.32 Å². The van der Waals surface area contributed by atoms with Crippen LogP contribution in [0.4, 0.5) is 11.4 Å². The molecule has 1 amide bonds. The molecular formula is C17H18N2O4. The van der Waals surface area contributed by atoms with Crippen LogP contribution in [0.25, 0.3) is 0 Å². The third-order valence-corrected chi connectivity index (χ3v) is 3.60. The summed E-state index contributed by atoms with van der Waals surface area (Å²) in [4.78, 5) is 22.7. The lowest BCUT2D eigenvalue weighted by Gasteiger charge is -2.16. The van der Waals surface area contributed by atoms with Crippen molar-refractivity contribution in [2.45, 2.75) is 26.9 Å². The number of rotatable bonds is 5. The summed E-state index contributed by atoms with van der Waals surface area (Å²) < 4.78 is 5.46. The molecule has 0 aliphatic rings. The summed E-state index contributed by atoms with van der Waals surface area (Å²) in [5, 5.41) is 13.8. The summed E-state index contributed by atoms with van der Waals surface area (Å²) in [6, 6.07) is 11.6. The topological polar surface area (TPSA) is 81.5 Å². The van der Waals surface area contributed by atoms with Crippen LogP contribution in [0, 0.1) is 24.0 Å². The molecule has 0 bridgehead atoms. The zero-order valence-corrected chi connectivity index (χ0v) is 13.2. The summed E-state index contributed by atoms with van der Waals surface area (Å²) in [5.74, 6) is -0.294. The van der Waals surface area contributed by atoms with E-state index in [0.717, 1.165) is 11.1 Å². The molecule has 23 heavy (non-hydrogen) atoms. The predicted molar refractivity (Wildman–Crippen MR) is 87.7 cm³/mol. The van der Waals surface area contributed by atoms with E-state index in [1.807, 2.05) is 26.0 Å². The van der Waals surface area contributed by atoms with Gasteiger partial charge in [-0.3, -0.25) is 14.9 Å². The summed E-state index contributed by atoms with van der Waals surface area (Å²) >= 11 is 0. The average molecular weight is 314 g/mol. The Bertz CT molecular complexity index is 743. The van der Waals surface area contributed by atoms with Gasteiger partial charge in [0.15, 0.2) is 11.9 Å². The molecule has 0 spiro atoms. The van der Waals surface area contributed by atoms with Crippen molar-refractivity contribution in [3.63, 3.8) is 0 Å². The SMILES string of the molecule is Cc1cccc(NC(=O)C(C)Oc2ccccc2[N+](=O)[O-])c1C. The normalized spacial score (nSPS) is 11.6. The van der Waals surface area contributed by atoms with Crippen molar-refractivity contribution in [3.8, 4) is 5.75 Å². The van der Waals surface area contributed by atoms with Gasteiger partial charge in [0.2, 0.25) is 0 Å². The number of hydrogen-bond donors (Lipinski definition) is 1. The Morgan fingerprint density at radius 1 is 1.17 bits per heavy atom. The molecule has 6 nitrogen and oxygen atoms in total. The maximum absolute atomic E-state index is 12.3. The van der Waals surface area contributed by atoms with Crippen molar-refractivity contribution in [3.05, 3.63) is 63.7 Å². The number of nitro groups is 1. The third kappa shape index (κ3) is 3.85. The van der Waals surface area contributed by atoms with Crippen LogP contribution in [-0.4, -0.2) is 16.9 Å². The molecule has 120 valence electrons. The maximum atomic E-state index is 12.3. The molecule has 2 aromatic carbocycles. The van der Waals surface area contributed by atoms with Crippen molar-refractivity contribution < 1.29 is 14.5 Å². The average Bonchev–Trinajstić information content (AvgIpc) is 2.52. The molecule has 0 fully saturated rings. The number of carbonyl (C=O) groups excluding carboxylic acids is 1. The van der Waals surface area contributed by atoms with Gasteiger partial charge < -0.3 is 10.1 Å². The van der Waals surface area contributed by atoms with Crippen LogP contribution in [0.15, 0.2) is 42.5 Å². The van der Waals surface area contributed by atoms with Gasteiger partial charge in [0.1, 0.15) is 0 Å². The van der Waals surface area contributed by atoms with Gasteiger partial charge in [-0.2, -0.15) is 0 Å². The standard InChI is InChI=1S/C17H18N2O4/c1-11-7-6-8-14(12(11)2)18-17(20)13(3)23-16-10-5-4-9-15(16)19(21)22/h4-10,13H,1-3H3,(H,18,20). The first-order valence-electron chi connectivity index (χ1n) is 7.17. The van der Waals surface area contributed by atoms with E-state index in [4.69, 9.17) is 4.74 Å². The van der Waals surface area contributed by atoms with E-state index in [1.54, 1.807) is 25.1 Å². The summed E-state index contributed by atoms with van der Waals surface area (Å²) in [6.45, 7) is 5.42. The van der Waals surface area contributed by atoms with Crippen molar-refractivity contribution in [1.29, 1.82) is 0 Å². The second-order valence-corrected chi connectivity index (χ2v) is 5.22. The Morgan fingerprint density at radius 2 is 1.87 bits per heavy atom. The molecule has 1 unspecified atom stereocenters. The highest BCUT2D eigenvalue weighted by Gasteiger charge is 2.21. The lowest BCUT2D eigenvalue weighted by molar-refractivity contribution is -0.386. The Morgan fingerprint density at radius 3 is 2.57 bits per heavy atom. The number of hydrogen-bond acceptors (Lipinski definition) is 4. The Kier molecular flexibility index (Phi) is 4.95. The van der Waals surface area contributed by atoms with Crippen molar-refractivity contribution >= 4 is 17.3 Å². The van der Waals surface area contributed by atoms with E-state index in [-0.39, 0.29) is 17.3 Å². The fraction of sp³-hybridized carbons (Fsp3) is 0.235. The Labute approximate surface area is 134 Å². The molecule has 0 saturated heterocycles. The minimum absolute atomic E-state index is 0.0705. The molecule has 0 aromatic heterocycles. The second kappa shape index (κ2) is 6.91. The molecule has 0 heterocycles. The Hall–Kier alpha value is -2.89. The molecule has 0 radical (unpaired) electrons. The molecule has 1 atom stereocenters. The molecule has 6 heteroatoms. The van der Waals surface area contributed by atoms with Gasteiger partial charge in [-0.25, -0.2) is 0 Å². The fourth-order valence-electron chi connectivity index (χ4n) is 2.07. The zero-order chi connectivity index (χ0) is 17.0. The molecule has 0 aliphatic heterocycles. The lowest BCUT2D eigenvalue weighted by atomic mass is 10.1. The number of amides is 1. The monoisotopic (exact) mass is 314 g/mol. The largest absolute Gasteiger partial charge is 0.474 e. The number of aryl methyl sites for hydroxylation is 1. The van der Waals surface area contributed by atoms with Gasteiger partial charge in [0.25, 0.3) is 5.91 Å². The van der Waals surface area contributed by atoms with E-state index in [1.165, 1.54) is 12.1 Å². The fourth-order valence-corrected chi connectivity index (χ4v) is 2.07. The predicted octanol–water partition coefficient (Wildman–Crippen LogP) is 3.62. The van der Waals surface area contributed by atoms with Crippen LogP contribution >= 0.6 is 0 Å². The zero-order valence-electron chi connectivity index (χ0n) is 13.2. The minimum Gasteiger partial charge on any atom is -0.474 e. The third-order valence-electron chi connectivity index (χ3n) is 3.60. The highest BCUT2D eigenvalue weighted by atomic mass is 16.6. The number of nitrogens with zero attached hydrogens (tertiary/aromatic N) is 1. The lowest BCUT2D eigenvalue weighted by Crippen LogP contribution is -2.30. The van der Waals surface area contributed by atoms with Crippen molar-refractivity contribution in [2.24, 2.45) is 0 Å². The number of nitro benzene ring substituents is 1. The smallest absolute Gasteiger partial charge is 0.310 e. The number of benzene rings is 2. The van der Waals surface area contributed by atoms with Crippen LogP contribution < -0.4 is 10.1 Å². The number of ether oxygens (including phenoxy) is 1. The summed E-state index contributed by atoms with van der Waals surface area (Å²) in [7, 11) is 0. The minimum atomic E-state index is -0.865. The van der Waals surface area contributed by atoms with Crippen LogP contribution in [0.3, 0.4) is 0 Å². The molecule has 2 rings (SSSR count). The maximum Gasteiger partial charge on any atom is 0.310 e. The van der Waals surface area contributed by atoms with Crippen molar-refractivity contribution in [1.82, 2.24) is 0 Å². The van der Waals surface area contributed by atoms with E-state index < -0.39 is 11.0 Å². The van der Waals surface area contributed by atoms with E-state index >= 15 is 0 Å². The van der Waals surface area contributed by atoms with Gasteiger partial charge in [-0.05, 0) is 44.0 Å². The van der Waals surface area contributed by atoms with Crippen LogP contribution in [-0.2, 0) is 4.79 Å². The second-order valence-electron chi connectivity index (χ2n) is 5.22. The first-order chi connectivity index (χ1) is 10.9. The molecule has 0 aliphatic carbocycles. The van der Waals surface area contributed by atoms with Gasteiger partial charge in [-0.15, -0.1) is 0 Å². The number of para-hydroxylation sites is 2. The van der Waals surface area contributed by atoms with E-state index in [0.29, 0.717) is 5.69 Å². The summed E-state index contributed by atoms with van der Waals surface area (Å²) in [5.41, 5.74) is 2.57. The van der Waals surface area contributed by atoms with Crippen molar-refractivity contribution in [2.75, 3.05) is 5.32 Å². The molecular weight excluding hydrogens is 296 g/mol. The van der Waals surface area contributed by atoms with Crippen LogP contribution in [0.1, 0.15) is 18.1 Å². The number of anilines is 1. The molecule has 1 N–H and O–H groups in total. The Balaban J connectivity index is 2.12. The van der Waals surface area contributed by atoms with Gasteiger partial charge in [-0.1, -0.05) is 24.3 Å². The first kappa shape index (κ1) is 16.5. The van der Waals surface area contributed by atoms with Gasteiger partial charge >= 0.3 is 5.69 Å². The number of nitrogens with one attached hydrogen (secondary N) is 1. The highest BCUT2D eigenvalue weighted by molar-refractivity contribution is 5.95. The number of carbonyl (C=O) groups is 1. The summed E-state index contributed by atoms with van der Waals surface area (Å²) in [6.07, 6.45) is -0.865. The van der Waals surface area contributed by atoms with Crippen LogP contribution in [0.5, 0.6) is 5.75 Å². The van der Waals surface area contributed by atoms with Crippen LogP contribution in [0.2, 0.25) is 0 Å². The van der Waals surface area contributed by atoms with Gasteiger partial charge in [0, 0.05) is 11.8 Å². The van der Waals surface area contributed by atoms with Gasteiger partial charge in [0.05, 0.1) is 4.92 Å².